The number of anilines is 1. The molecule has 0 radical (unpaired) electrons. The minimum absolute atomic E-state index is 0.00349. The summed E-state index contributed by atoms with van der Waals surface area (Å²) < 4.78 is 4.79. The Balaban J connectivity index is 1.43. The predicted molar refractivity (Wildman–Crippen MR) is 135 cm³/mol. The highest BCUT2D eigenvalue weighted by Crippen LogP contribution is 2.44. The Hall–Kier alpha value is -4.22. The van der Waals surface area contributed by atoms with Crippen molar-refractivity contribution in [1.29, 1.82) is 0 Å². The molecular weight excluding hydrogens is 438 g/mol. The van der Waals surface area contributed by atoms with E-state index >= 15 is 0 Å². The molecule has 35 heavy (non-hydrogen) atoms. The summed E-state index contributed by atoms with van der Waals surface area (Å²) in [5.74, 6) is -0.621. The molecule has 0 aromatic heterocycles. The average Bonchev–Trinajstić information content (AvgIpc) is 3.23. The van der Waals surface area contributed by atoms with Crippen LogP contribution >= 0.6 is 0 Å². The van der Waals surface area contributed by atoms with Crippen LogP contribution in [0.15, 0.2) is 103 Å². The number of methoxy groups -OCH3 is 1. The van der Waals surface area contributed by atoms with Crippen LogP contribution in [0.2, 0.25) is 0 Å². The number of rotatable bonds is 7. The maximum absolute atomic E-state index is 13.4. The second kappa shape index (κ2) is 9.95. The van der Waals surface area contributed by atoms with Crippen LogP contribution < -0.4 is 5.06 Å². The van der Waals surface area contributed by atoms with Crippen LogP contribution in [0.4, 0.5) is 5.69 Å². The highest BCUT2D eigenvalue weighted by Gasteiger charge is 2.30. The van der Waals surface area contributed by atoms with Crippen molar-refractivity contribution in [2.75, 3.05) is 18.8 Å². The minimum atomic E-state index is -0.432. The molecule has 0 fully saturated rings. The number of esters is 1. The molecule has 5 rings (SSSR count). The number of hydrogen-bond acceptors (Lipinski definition) is 4. The lowest BCUT2D eigenvalue weighted by Crippen LogP contribution is -2.34. The molecule has 0 atom stereocenters. The highest BCUT2D eigenvalue weighted by atomic mass is 16.7. The van der Waals surface area contributed by atoms with Gasteiger partial charge < -0.3 is 4.74 Å². The first-order chi connectivity index (χ1) is 17.2. The molecule has 4 aromatic carbocycles. The number of benzene rings is 4. The molecule has 0 N–H and O–H groups in total. The van der Waals surface area contributed by atoms with Crippen LogP contribution in [0, 0.1) is 0 Å². The van der Waals surface area contributed by atoms with E-state index < -0.39 is 5.97 Å². The number of ether oxygens (including phenoxy) is 1. The van der Waals surface area contributed by atoms with Gasteiger partial charge in [0.1, 0.15) is 0 Å². The summed E-state index contributed by atoms with van der Waals surface area (Å²) in [6.45, 7) is 0.299. The van der Waals surface area contributed by atoms with E-state index in [1.54, 1.807) is 24.3 Å². The van der Waals surface area contributed by atoms with Crippen molar-refractivity contribution >= 4 is 17.6 Å². The Morgan fingerprint density at radius 3 is 1.91 bits per heavy atom. The van der Waals surface area contributed by atoms with Gasteiger partial charge in [0.05, 0.1) is 31.4 Å². The Morgan fingerprint density at radius 2 is 1.31 bits per heavy atom. The van der Waals surface area contributed by atoms with Crippen molar-refractivity contribution in [2.24, 2.45) is 0 Å². The van der Waals surface area contributed by atoms with Gasteiger partial charge in [-0.3, -0.25) is 9.63 Å². The second-order valence-corrected chi connectivity index (χ2v) is 8.41. The fourth-order valence-corrected chi connectivity index (χ4v) is 4.57. The highest BCUT2D eigenvalue weighted by molar-refractivity contribution is 5.94. The largest absolute Gasteiger partial charge is 0.465 e. The van der Waals surface area contributed by atoms with Crippen LogP contribution in [-0.4, -0.2) is 25.6 Å². The molecule has 0 unspecified atom stereocenters. The van der Waals surface area contributed by atoms with E-state index in [2.05, 4.69) is 24.3 Å². The average molecular weight is 464 g/mol. The Kier molecular flexibility index (Phi) is 6.42. The van der Waals surface area contributed by atoms with Gasteiger partial charge in [-0.1, -0.05) is 78.9 Å². The Bertz CT molecular complexity index is 1300. The smallest absolute Gasteiger partial charge is 0.337 e. The number of fused-ring (bicyclic) bond motifs is 3. The van der Waals surface area contributed by atoms with Crippen molar-refractivity contribution < 1.29 is 19.2 Å². The number of amides is 1. The van der Waals surface area contributed by atoms with Crippen molar-refractivity contribution in [3.8, 4) is 11.1 Å². The SMILES string of the molecule is COC(=O)c1ccc(N(OCC2c3ccccc3-c3ccccc32)C(=O)Cc2ccccc2)cc1. The lowest BCUT2D eigenvalue weighted by atomic mass is 9.98. The number of carbonyl (C=O) groups is 2. The molecule has 5 nitrogen and oxygen atoms in total. The normalized spacial score (nSPS) is 12.0. The molecule has 174 valence electrons. The fraction of sp³-hybridized carbons (Fsp3) is 0.133. The molecule has 0 heterocycles. The summed E-state index contributed by atoms with van der Waals surface area (Å²) in [5.41, 5.74) is 6.62. The van der Waals surface area contributed by atoms with E-state index in [4.69, 9.17) is 9.57 Å². The molecule has 1 aliphatic carbocycles. The zero-order valence-electron chi connectivity index (χ0n) is 19.4. The summed E-state index contributed by atoms with van der Waals surface area (Å²) >= 11 is 0. The van der Waals surface area contributed by atoms with Gasteiger partial charge in [-0.15, -0.1) is 0 Å². The van der Waals surface area contributed by atoms with Crippen LogP contribution in [0.25, 0.3) is 11.1 Å². The Morgan fingerprint density at radius 1 is 0.743 bits per heavy atom. The van der Waals surface area contributed by atoms with E-state index in [9.17, 15) is 9.59 Å². The summed E-state index contributed by atoms with van der Waals surface area (Å²) in [4.78, 5) is 31.5. The Labute approximate surface area is 204 Å². The van der Waals surface area contributed by atoms with Gasteiger partial charge in [0, 0.05) is 5.92 Å². The monoisotopic (exact) mass is 463 g/mol. The summed E-state index contributed by atoms with van der Waals surface area (Å²) in [5, 5.41) is 1.34. The van der Waals surface area contributed by atoms with Gasteiger partial charge in [-0.2, -0.15) is 5.06 Å². The molecule has 1 aliphatic rings. The molecule has 4 aromatic rings. The van der Waals surface area contributed by atoms with Crippen molar-refractivity contribution in [3.63, 3.8) is 0 Å². The van der Waals surface area contributed by atoms with Crippen LogP contribution in [0.1, 0.15) is 33.0 Å². The molecular formula is C30H25NO4. The second-order valence-electron chi connectivity index (χ2n) is 8.41. The minimum Gasteiger partial charge on any atom is -0.465 e. The molecule has 0 aliphatic heterocycles. The van der Waals surface area contributed by atoms with Gasteiger partial charge in [0.15, 0.2) is 0 Å². The molecule has 0 saturated heterocycles. The van der Waals surface area contributed by atoms with E-state index in [0.29, 0.717) is 17.9 Å². The van der Waals surface area contributed by atoms with Gasteiger partial charge in [-0.05, 0) is 52.1 Å². The first kappa shape index (κ1) is 22.6. The maximum atomic E-state index is 13.4. The topological polar surface area (TPSA) is 55.8 Å². The van der Waals surface area contributed by atoms with Crippen LogP contribution in [-0.2, 0) is 20.8 Å². The third-order valence-electron chi connectivity index (χ3n) is 6.28. The predicted octanol–water partition coefficient (Wildman–Crippen LogP) is 5.79. The lowest BCUT2D eigenvalue weighted by molar-refractivity contribution is -0.125. The van der Waals surface area contributed by atoms with E-state index in [1.807, 2.05) is 54.6 Å². The van der Waals surface area contributed by atoms with Gasteiger partial charge in [0.25, 0.3) is 5.91 Å². The zero-order valence-corrected chi connectivity index (χ0v) is 19.4. The van der Waals surface area contributed by atoms with Crippen molar-refractivity contribution in [2.45, 2.75) is 12.3 Å². The first-order valence-corrected chi connectivity index (χ1v) is 11.5. The molecule has 0 spiro atoms. The van der Waals surface area contributed by atoms with Crippen molar-refractivity contribution in [3.05, 3.63) is 125 Å². The first-order valence-electron chi connectivity index (χ1n) is 11.5. The lowest BCUT2D eigenvalue weighted by Gasteiger charge is -2.25. The van der Waals surface area contributed by atoms with Gasteiger partial charge >= 0.3 is 5.97 Å². The summed E-state index contributed by atoms with van der Waals surface area (Å²) in [6.07, 6.45) is 0.192. The standard InChI is InChI=1S/C30H25NO4/c1-34-30(33)22-15-17-23(18-16-22)31(29(32)19-21-9-3-2-4-10-21)35-20-28-26-13-7-5-11-24(26)25-12-6-8-14-27(25)28/h2-18,28H,19-20H2,1H3. The fourth-order valence-electron chi connectivity index (χ4n) is 4.57. The van der Waals surface area contributed by atoms with Gasteiger partial charge in [0.2, 0.25) is 0 Å². The number of hydrogen-bond donors (Lipinski definition) is 0. The molecule has 0 bridgehead atoms. The van der Waals surface area contributed by atoms with E-state index in [0.717, 1.165) is 5.56 Å². The van der Waals surface area contributed by atoms with Gasteiger partial charge in [-0.25, -0.2) is 4.79 Å². The third-order valence-corrected chi connectivity index (χ3v) is 6.28. The van der Waals surface area contributed by atoms with Crippen LogP contribution in [0.3, 0.4) is 0 Å². The zero-order chi connectivity index (χ0) is 24.2. The number of nitrogens with zero attached hydrogens (tertiary/aromatic N) is 1. The van der Waals surface area contributed by atoms with Crippen molar-refractivity contribution in [1.82, 2.24) is 0 Å². The molecule has 1 amide bonds. The van der Waals surface area contributed by atoms with Crippen LogP contribution in [0.5, 0.6) is 0 Å². The molecule has 0 saturated carbocycles. The van der Waals surface area contributed by atoms with E-state index in [1.165, 1.54) is 34.4 Å². The number of carbonyl (C=O) groups excluding carboxylic acids is 2. The number of hydroxylamine groups is 1. The summed E-state index contributed by atoms with van der Waals surface area (Å²) in [6, 6.07) is 32.8. The molecule has 5 heteroatoms. The quantitative estimate of drug-likeness (QED) is 0.257. The summed E-state index contributed by atoms with van der Waals surface area (Å²) in [7, 11) is 1.34. The maximum Gasteiger partial charge on any atom is 0.337 e. The van der Waals surface area contributed by atoms with E-state index in [-0.39, 0.29) is 18.2 Å². The third kappa shape index (κ3) is 4.59.